The van der Waals surface area contributed by atoms with Crippen molar-refractivity contribution in [2.75, 3.05) is 5.32 Å². The first kappa shape index (κ1) is 22.3. The van der Waals surface area contributed by atoms with Crippen molar-refractivity contribution in [2.45, 2.75) is 63.6 Å². The Labute approximate surface area is 182 Å². The van der Waals surface area contributed by atoms with E-state index in [0.717, 1.165) is 37.8 Å². The fourth-order valence-electron chi connectivity index (χ4n) is 4.03. The molecule has 0 saturated heterocycles. The first-order valence-corrected chi connectivity index (χ1v) is 10.6. The van der Waals surface area contributed by atoms with Crippen LogP contribution in [0, 0.1) is 0 Å². The Morgan fingerprint density at radius 3 is 2.50 bits per heavy atom. The number of aromatic nitrogens is 2. The summed E-state index contributed by atoms with van der Waals surface area (Å²) >= 11 is 0. The maximum Gasteiger partial charge on any atom is 0.433 e. The van der Waals surface area contributed by atoms with Crippen LogP contribution in [-0.4, -0.2) is 21.0 Å². The smallest absolute Gasteiger partial charge is 0.433 e. The molecule has 1 aliphatic carbocycles. The van der Waals surface area contributed by atoms with Gasteiger partial charge in [0.05, 0.1) is 11.3 Å². The number of alkyl halides is 3. The lowest BCUT2D eigenvalue weighted by Gasteiger charge is -2.21. The second kappa shape index (κ2) is 8.20. The van der Waals surface area contributed by atoms with Gasteiger partial charge in [0.15, 0.2) is 11.5 Å². The Hall–Kier alpha value is -2.94. The molecule has 1 aliphatic rings. The van der Waals surface area contributed by atoms with Crippen LogP contribution in [0.5, 0.6) is 0 Å². The molecule has 0 unspecified atom stereocenters. The molecule has 0 spiro atoms. The maximum absolute atomic E-state index is 13.0. The molecule has 6 nitrogen and oxygen atoms in total. The van der Waals surface area contributed by atoms with E-state index in [1.54, 1.807) is 26.0 Å². The molecule has 0 atom stereocenters. The molecule has 9 heteroatoms. The third-order valence-corrected chi connectivity index (χ3v) is 5.68. The van der Waals surface area contributed by atoms with E-state index in [9.17, 15) is 23.1 Å². The molecule has 1 amide bonds. The summed E-state index contributed by atoms with van der Waals surface area (Å²) < 4.78 is 44.8. The number of carbonyl (C=O) groups is 1. The molecule has 2 aromatic heterocycles. The van der Waals surface area contributed by atoms with Gasteiger partial charge in [-0.25, -0.2) is 9.97 Å². The summed E-state index contributed by atoms with van der Waals surface area (Å²) in [4.78, 5) is 20.7. The van der Waals surface area contributed by atoms with E-state index >= 15 is 0 Å². The first-order valence-electron chi connectivity index (χ1n) is 10.6. The Kier molecular flexibility index (Phi) is 5.70. The largest absolute Gasteiger partial charge is 0.440 e. The number of fused-ring (bicyclic) bond motifs is 1. The molecule has 4 rings (SSSR count). The Bertz CT molecular complexity index is 1140. The monoisotopic (exact) mass is 447 g/mol. The molecule has 2 N–H and O–H groups in total. The van der Waals surface area contributed by atoms with Crippen LogP contribution in [0.3, 0.4) is 0 Å². The van der Waals surface area contributed by atoms with Crippen molar-refractivity contribution < 1.29 is 27.5 Å². The molecular weight excluding hydrogens is 423 g/mol. The average molecular weight is 447 g/mol. The molecule has 0 aliphatic heterocycles. The number of oxazole rings is 1. The number of aliphatic hydroxyl groups is 1. The van der Waals surface area contributed by atoms with E-state index < -0.39 is 23.4 Å². The highest BCUT2D eigenvalue weighted by atomic mass is 19.4. The fourth-order valence-corrected chi connectivity index (χ4v) is 4.03. The molecular formula is C23H24F3N3O3. The predicted molar refractivity (Wildman–Crippen MR) is 112 cm³/mol. The molecule has 1 saturated carbocycles. The van der Waals surface area contributed by atoms with Gasteiger partial charge < -0.3 is 14.8 Å². The average Bonchev–Trinajstić information content (AvgIpc) is 3.16. The standard InChI is InChI=1S/C23H24F3N3O3/c1-22(2,31)14-11-17-18(32-21(29-17)13-7-4-3-5-8-13)12-16(14)28-20(30)15-9-6-10-19(27-15)23(24,25)26/h6,9-13,31H,3-5,7-8H2,1-2H3,(H,28,30). The summed E-state index contributed by atoms with van der Waals surface area (Å²) in [6.45, 7) is 3.10. The van der Waals surface area contributed by atoms with Crippen molar-refractivity contribution in [3.05, 3.63) is 53.2 Å². The van der Waals surface area contributed by atoms with E-state index in [1.165, 1.54) is 12.5 Å². The van der Waals surface area contributed by atoms with Gasteiger partial charge in [-0.1, -0.05) is 25.3 Å². The highest BCUT2D eigenvalue weighted by Gasteiger charge is 2.33. The zero-order valence-corrected chi connectivity index (χ0v) is 17.8. The number of hydrogen-bond donors (Lipinski definition) is 2. The van der Waals surface area contributed by atoms with Crippen LogP contribution in [0.4, 0.5) is 18.9 Å². The van der Waals surface area contributed by atoms with Crippen molar-refractivity contribution in [2.24, 2.45) is 0 Å². The Balaban J connectivity index is 1.69. The number of carbonyl (C=O) groups excluding carboxylic acids is 1. The predicted octanol–water partition coefficient (Wildman–Crippen LogP) is 5.77. The van der Waals surface area contributed by atoms with Crippen molar-refractivity contribution in [3.63, 3.8) is 0 Å². The number of hydrogen-bond acceptors (Lipinski definition) is 5. The lowest BCUT2D eigenvalue weighted by Crippen LogP contribution is -2.22. The minimum absolute atomic E-state index is 0.223. The highest BCUT2D eigenvalue weighted by Crippen LogP contribution is 2.37. The molecule has 2 heterocycles. The lowest BCUT2D eigenvalue weighted by atomic mass is 9.89. The van der Waals surface area contributed by atoms with Crippen LogP contribution >= 0.6 is 0 Å². The quantitative estimate of drug-likeness (QED) is 0.530. The number of pyridine rings is 1. The summed E-state index contributed by atoms with van der Waals surface area (Å²) in [5, 5.41) is 13.2. The number of halogens is 3. The minimum Gasteiger partial charge on any atom is -0.440 e. The summed E-state index contributed by atoms with van der Waals surface area (Å²) in [6.07, 6.45) is 0.751. The first-order chi connectivity index (χ1) is 15.0. The van der Waals surface area contributed by atoms with Crippen LogP contribution in [0.2, 0.25) is 0 Å². The van der Waals surface area contributed by atoms with E-state index in [0.29, 0.717) is 22.6 Å². The number of benzene rings is 1. The third-order valence-electron chi connectivity index (χ3n) is 5.68. The van der Waals surface area contributed by atoms with Gasteiger partial charge in [-0.05, 0) is 44.9 Å². The van der Waals surface area contributed by atoms with E-state index in [4.69, 9.17) is 4.42 Å². The Morgan fingerprint density at radius 2 is 1.84 bits per heavy atom. The summed E-state index contributed by atoms with van der Waals surface area (Å²) in [5.74, 6) is 0.0338. The zero-order valence-electron chi connectivity index (χ0n) is 17.8. The van der Waals surface area contributed by atoms with Crippen molar-refractivity contribution in [1.82, 2.24) is 9.97 Å². The maximum atomic E-state index is 13.0. The molecule has 3 aromatic rings. The van der Waals surface area contributed by atoms with Gasteiger partial charge >= 0.3 is 6.18 Å². The normalized spacial score (nSPS) is 15.8. The van der Waals surface area contributed by atoms with Gasteiger partial charge in [-0.2, -0.15) is 13.2 Å². The number of rotatable bonds is 4. The van der Waals surface area contributed by atoms with Crippen LogP contribution in [0.1, 0.15) is 79.5 Å². The fraction of sp³-hybridized carbons (Fsp3) is 0.435. The van der Waals surface area contributed by atoms with Crippen LogP contribution in [0.15, 0.2) is 34.7 Å². The zero-order chi connectivity index (χ0) is 23.1. The van der Waals surface area contributed by atoms with Crippen LogP contribution in [-0.2, 0) is 11.8 Å². The number of amides is 1. The van der Waals surface area contributed by atoms with Crippen molar-refractivity contribution in [3.8, 4) is 0 Å². The van der Waals surface area contributed by atoms with Crippen LogP contribution in [0.25, 0.3) is 11.1 Å². The second-order valence-electron chi connectivity index (χ2n) is 8.67. The minimum atomic E-state index is -4.66. The van der Waals surface area contributed by atoms with E-state index in [-0.39, 0.29) is 17.3 Å². The van der Waals surface area contributed by atoms with Gasteiger partial charge in [-0.15, -0.1) is 0 Å². The summed E-state index contributed by atoms with van der Waals surface area (Å²) in [6, 6.07) is 6.31. The van der Waals surface area contributed by atoms with Gasteiger partial charge in [0.25, 0.3) is 5.91 Å². The third kappa shape index (κ3) is 4.62. The van der Waals surface area contributed by atoms with Crippen LogP contribution < -0.4 is 5.32 Å². The number of nitrogens with one attached hydrogen (secondary N) is 1. The summed E-state index contributed by atoms with van der Waals surface area (Å²) in [5.41, 5.74) is -1.31. The second-order valence-corrected chi connectivity index (χ2v) is 8.67. The SMILES string of the molecule is CC(C)(O)c1cc2nc(C3CCCCC3)oc2cc1NC(=O)c1cccc(C(F)(F)F)n1. The topological polar surface area (TPSA) is 88.3 Å². The number of anilines is 1. The molecule has 0 radical (unpaired) electrons. The Morgan fingerprint density at radius 1 is 1.12 bits per heavy atom. The van der Waals surface area contributed by atoms with Crippen molar-refractivity contribution in [1.29, 1.82) is 0 Å². The van der Waals surface area contributed by atoms with Gasteiger partial charge in [0.2, 0.25) is 0 Å². The molecule has 0 bridgehead atoms. The van der Waals surface area contributed by atoms with Gasteiger partial charge in [-0.3, -0.25) is 4.79 Å². The van der Waals surface area contributed by atoms with E-state index in [2.05, 4.69) is 15.3 Å². The molecule has 32 heavy (non-hydrogen) atoms. The van der Waals surface area contributed by atoms with Gasteiger partial charge in [0.1, 0.15) is 16.9 Å². The lowest BCUT2D eigenvalue weighted by molar-refractivity contribution is -0.141. The van der Waals surface area contributed by atoms with E-state index in [1.807, 2.05) is 0 Å². The molecule has 1 aromatic carbocycles. The molecule has 170 valence electrons. The summed E-state index contributed by atoms with van der Waals surface area (Å²) in [7, 11) is 0. The number of nitrogens with zero attached hydrogens (tertiary/aromatic N) is 2. The highest BCUT2D eigenvalue weighted by molar-refractivity contribution is 6.04. The molecule has 1 fully saturated rings. The van der Waals surface area contributed by atoms with Crippen molar-refractivity contribution >= 4 is 22.7 Å². The van der Waals surface area contributed by atoms with Gasteiger partial charge in [0, 0.05) is 17.5 Å².